The van der Waals surface area contributed by atoms with Crippen LogP contribution in [-0.4, -0.2) is 13.1 Å². The Labute approximate surface area is 78.2 Å². The van der Waals surface area contributed by atoms with Crippen LogP contribution in [0.15, 0.2) is 18.2 Å². The third kappa shape index (κ3) is 1.82. The molecule has 0 radical (unpaired) electrons. The largest absolute Gasteiger partial charge is 0.371 e. The smallest absolute Gasteiger partial charge is 0.125 e. The van der Waals surface area contributed by atoms with Crippen LogP contribution in [0.1, 0.15) is 18.4 Å². The van der Waals surface area contributed by atoms with Gasteiger partial charge < -0.3 is 4.90 Å². The van der Waals surface area contributed by atoms with Gasteiger partial charge in [0.1, 0.15) is 5.82 Å². The van der Waals surface area contributed by atoms with Crippen LogP contribution in [0, 0.1) is 12.7 Å². The summed E-state index contributed by atoms with van der Waals surface area (Å²) in [6.45, 7) is 4.08. The monoisotopic (exact) mass is 179 g/mol. The second-order valence-electron chi connectivity index (χ2n) is 3.68. The first-order valence-corrected chi connectivity index (χ1v) is 4.78. The fourth-order valence-electron chi connectivity index (χ4n) is 1.87. The van der Waals surface area contributed by atoms with E-state index in [0.29, 0.717) is 0 Å². The van der Waals surface area contributed by atoms with Crippen molar-refractivity contribution in [2.45, 2.75) is 19.8 Å². The Morgan fingerprint density at radius 2 is 1.85 bits per heavy atom. The highest BCUT2D eigenvalue weighted by Gasteiger charge is 2.12. The third-order valence-electron chi connectivity index (χ3n) is 2.50. The molecule has 1 aliphatic heterocycles. The molecule has 1 heterocycles. The van der Waals surface area contributed by atoms with Crippen molar-refractivity contribution in [3.63, 3.8) is 0 Å². The van der Waals surface area contributed by atoms with Crippen molar-refractivity contribution in [1.29, 1.82) is 0 Å². The lowest BCUT2D eigenvalue weighted by atomic mass is 10.2. The molecule has 0 aromatic heterocycles. The summed E-state index contributed by atoms with van der Waals surface area (Å²) in [7, 11) is 0. The minimum atomic E-state index is -0.123. The number of aryl methyl sites for hydroxylation is 1. The van der Waals surface area contributed by atoms with E-state index >= 15 is 0 Å². The van der Waals surface area contributed by atoms with Gasteiger partial charge >= 0.3 is 0 Å². The number of hydrogen-bond donors (Lipinski definition) is 0. The van der Waals surface area contributed by atoms with Crippen molar-refractivity contribution in [1.82, 2.24) is 0 Å². The molecule has 2 rings (SSSR count). The molecule has 0 spiro atoms. The van der Waals surface area contributed by atoms with Crippen LogP contribution in [0.25, 0.3) is 0 Å². The molecule has 1 nitrogen and oxygen atoms in total. The molecular weight excluding hydrogens is 165 g/mol. The van der Waals surface area contributed by atoms with E-state index in [1.54, 1.807) is 12.1 Å². The number of rotatable bonds is 1. The first kappa shape index (κ1) is 8.54. The van der Waals surface area contributed by atoms with Gasteiger partial charge in [0.25, 0.3) is 0 Å². The molecule has 0 saturated carbocycles. The van der Waals surface area contributed by atoms with E-state index in [1.165, 1.54) is 12.8 Å². The molecule has 1 saturated heterocycles. The number of hydrogen-bond acceptors (Lipinski definition) is 1. The molecule has 0 bridgehead atoms. The zero-order valence-corrected chi connectivity index (χ0v) is 7.89. The molecule has 0 aliphatic carbocycles. The molecule has 1 aromatic rings. The maximum absolute atomic E-state index is 13.1. The average molecular weight is 179 g/mol. The molecule has 70 valence electrons. The minimum absolute atomic E-state index is 0.123. The standard InChI is InChI=1S/C11H14FN/c1-9-6-10(12)8-11(7-9)13-4-2-3-5-13/h6-8H,2-5H2,1H3. The number of anilines is 1. The summed E-state index contributed by atoms with van der Waals surface area (Å²) in [6, 6.07) is 5.24. The van der Waals surface area contributed by atoms with Crippen molar-refractivity contribution in [3.8, 4) is 0 Å². The highest BCUT2D eigenvalue weighted by molar-refractivity contribution is 5.49. The van der Waals surface area contributed by atoms with Gasteiger partial charge in [-0.2, -0.15) is 0 Å². The molecule has 2 heteroatoms. The normalized spacial score (nSPS) is 16.6. The van der Waals surface area contributed by atoms with Gasteiger partial charge in [0.2, 0.25) is 0 Å². The van der Waals surface area contributed by atoms with E-state index < -0.39 is 0 Å². The molecule has 1 aromatic carbocycles. The Balaban J connectivity index is 2.28. The van der Waals surface area contributed by atoms with Crippen LogP contribution < -0.4 is 4.90 Å². The summed E-state index contributed by atoms with van der Waals surface area (Å²) in [4.78, 5) is 2.25. The lowest BCUT2D eigenvalue weighted by Crippen LogP contribution is -2.17. The topological polar surface area (TPSA) is 3.24 Å². The Morgan fingerprint density at radius 1 is 1.15 bits per heavy atom. The van der Waals surface area contributed by atoms with E-state index in [4.69, 9.17) is 0 Å². The van der Waals surface area contributed by atoms with Crippen LogP contribution in [0.5, 0.6) is 0 Å². The van der Waals surface area contributed by atoms with Crippen LogP contribution in [0.3, 0.4) is 0 Å². The van der Waals surface area contributed by atoms with E-state index in [2.05, 4.69) is 11.0 Å². The molecule has 0 N–H and O–H groups in total. The quantitative estimate of drug-likeness (QED) is 0.640. The minimum Gasteiger partial charge on any atom is -0.371 e. The Morgan fingerprint density at radius 3 is 2.46 bits per heavy atom. The zero-order valence-electron chi connectivity index (χ0n) is 7.89. The second kappa shape index (κ2) is 3.36. The van der Waals surface area contributed by atoms with Crippen molar-refractivity contribution in [3.05, 3.63) is 29.6 Å². The van der Waals surface area contributed by atoms with E-state index in [1.807, 2.05) is 6.92 Å². The fourth-order valence-corrected chi connectivity index (χ4v) is 1.87. The highest BCUT2D eigenvalue weighted by atomic mass is 19.1. The summed E-state index contributed by atoms with van der Waals surface area (Å²) < 4.78 is 13.1. The molecule has 0 atom stereocenters. The predicted octanol–water partition coefficient (Wildman–Crippen LogP) is 2.73. The van der Waals surface area contributed by atoms with Gasteiger partial charge in [-0.05, 0) is 43.5 Å². The van der Waals surface area contributed by atoms with Gasteiger partial charge in [-0.1, -0.05) is 0 Å². The zero-order chi connectivity index (χ0) is 9.26. The lowest BCUT2D eigenvalue weighted by Gasteiger charge is -2.17. The first-order chi connectivity index (χ1) is 6.25. The number of nitrogens with zero attached hydrogens (tertiary/aromatic N) is 1. The summed E-state index contributed by atoms with van der Waals surface area (Å²) >= 11 is 0. The molecule has 0 unspecified atom stereocenters. The van der Waals surface area contributed by atoms with Gasteiger partial charge in [0.15, 0.2) is 0 Å². The van der Waals surface area contributed by atoms with Crippen molar-refractivity contribution in [2.24, 2.45) is 0 Å². The van der Waals surface area contributed by atoms with Crippen LogP contribution >= 0.6 is 0 Å². The van der Waals surface area contributed by atoms with Gasteiger partial charge in [0, 0.05) is 18.8 Å². The summed E-state index contributed by atoms with van der Waals surface area (Å²) in [5.74, 6) is -0.123. The van der Waals surface area contributed by atoms with Crippen LogP contribution in [0.2, 0.25) is 0 Å². The molecule has 1 aliphatic rings. The maximum atomic E-state index is 13.1. The van der Waals surface area contributed by atoms with Crippen LogP contribution in [0.4, 0.5) is 10.1 Å². The first-order valence-electron chi connectivity index (χ1n) is 4.78. The average Bonchev–Trinajstić information content (AvgIpc) is 2.53. The Bertz CT molecular complexity index is 283. The second-order valence-corrected chi connectivity index (χ2v) is 3.68. The van der Waals surface area contributed by atoms with Crippen LogP contribution in [-0.2, 0) is 0 Å². The lowest BCUT2D eigenvalue weighted by molar-refractivity contribution is 0.626. The number of halogens is 1. The summed E-state index contributed by atoms with van der Waals surface area (Å²) in [5.41, 5.74) is 2.04. The van der Waals surface area contributed by atoms with E-state index in [-0.39, 0.29) is 5.82 Å². The van der Waals surface area contributed by atoms with Crippen molar-refractivity contribution >= 4 is 5.69 Å². The van der Waals surface area contributed by atoms with Gasteiger partial charge in [-0.25, -0.2) is 4.39 Å². The predicted molar refractivity (Wildman–Crippen MR) is 52.6 cm³/mol. The van der Waals surface area contributed by atoms with E-state index in [9.17, 15) is 4.39 Å². The maximum Gasteiger partial charge on any atom is 0.125 e. The molecule has 1 fully saturated rings. The molecular formula is C11H14FN. The van der Waals surface area contributed by atoms with Gasteiger partial charge in [0.05, 0.1) is 0 Å². The fraction of sp³-hybridized carbons (Fsp3) is 0.455. The van der Waals surface area contributed by atoms with E-state index in [0.717, 1.165) is 24.3 Å². The Kier molecular flexibility index (Phi) is 2.21. The summed E-state index contributed by atoms with van der Waals surface area (Å²) in [6.07, 6.45) is 2.46. The third-order valence-corrected chi connectivity index (χ3v) is 2.50. The number of benzene rings is 1. The Hall–Kier alpha value is -1.05. The van der Waals surface area contributed by atoms with Gasteiger partial charge in [-0.3, -0.25) is 0 Å². The van der Waals surface area contributed by atoms with Crippen molar-refractivity contribution < 1.29 is 4.39 Å². The SMILES string of the molecule is Cc1cc(F)cc(N2CCCC2)c1. The van der Waals surface area contributed by atoms with Crippen molar-refractivity contribution in [2.75, 3.05) is 18.0 Å². The molecule has 13 heavy (non-hydrogen) atoms. The highest BCUT2D eigenvalue weighted by Crippen LogP contribution is 2.22. The summed E-state index contributed by atoms with van der Waals surface area (Å²) in [5, 5.41) is 0. The molecule has 0 amide bonds. The van der Waals surface area contributed by atoms with Gasteiger partial charge in [-0.15, -0.1) is 0 Å².